The molecule has 1 atom stereocenters. The third-order valence-corrected chi connectivity index (χ3v) is 4.19. The second-order valence-electron chi connectivity index (χ2n) is 5.82. The molecular weight excluding hydrogens is 296 g/mol. The third kappa shape index (κ3) is 3.98. The highest BCUT2D eigenvalue weighted by molar-refractivity contribution is 5.97. The summed E-state index contributed by atoms with van der Waals surface area (Å²) in [6, 6.07) is 3.14. The molecule has 3 heterocycles. The average molecular weight is 318 g/mol. The minimum atomic E-state index is -0.455. The lowest BCUT2D eigenvalue weighted by Gasteiger charge is -2.27. The van der Waals surface area contributed by atoms with E-state index in [1.54, 1.807) is 12.3 Å². The zero-order chi connectivity index (χ0) is 16.1. The Morgan fingerprint density at radius 1 is 1.30 bits per heavy atom. The summed E-state index contributed by atoms with van der Waals surface area (Å²) in [5.74, 6) is 0.485. The Bertz CT molecular complexity index is 555. The molecule has 0 bridgehead atoms. The fourth-order valence-electron chi connectivity index (χ4n) is 2.82. The van der Waals surface area contributed by atoms with E-state index in [1.807, 2.05) is 6.07 Å². The van der Waals surface area contributed by atoms with Crippen LogP contribution in [0.3, 0.4) is 0 Å². The van der Waals surface area contributed by atoms with Crippen molar-refractivity contribution in [3.8, 4) is 0 Å². The Kier molecular flexibility index (Phi) is 5.07. The van der Waals surface area contributed by atoms with Crippen LogP contribution in [-0.2, 0) is 9.53 Å². The Morgan fingerprint density at radius 3 is 2.87 bits per heavy atom. The van der Waals surface area contributed by atoms with Crippen molar-refractivity contribution in [1.82, 2.24) is 15.6 Å². The molecule has 23 heavy (non-hydrogen) atoms. The number of aromatic nitrogens is 1. The molecule has 2 saturated heterocycles. The Labute approximate surface area is 135 Å². The van der Waals surface area contributed by atoms with Crippen molar-refractivity contribution in [2.24, 2.45) is 0 Å². The summed E-state index contributed by atoms with van der Waals surface area (Å²) in [4.78, 5) is 30.7. The Balaban J connectivity index is 1.61. The molecule has 7 nitrogen and oxygen atoms in total. The molecule has 1 aromatic heterocycles. The van der Waals surface area contributed by atoms with Crippen LogP contribution in [0.15, 0.2) is 18.3 Å². The highest BCUT2D eigenvalue weighted by Crippen LogP contribution is 2.13. The lowest BCUT2D eigenvalue weighted by molar-refractivity contribution is -0.122. The molecule has 2 N–H and O–H groups in total. The number of nitrogens with zero attached hydrogens (tertiary/aromatic N) is 2. The first-order valence-electron chi connectivity index (χ1n) is 8.11. The van der Waals surface area contributed by atoms with E-state index in [1.165, 1.54) is 0 Å². The van der Waals surface area contributed by atoms with E-state index >= 15 is 0 Å². The highest BCUT2D eigenvalue weighted by atomic mass is 16.5. The van der Waals surface area contributed by atoms with Crippen LogP contribution in [-0.4, -0.2) is 55.7 Å². The summed E-state index contributed by atoms with van der Waals surface area (Å²) in [6.07, 6.45) is 4.12. The van der Waals surface area contributed by atoms with Gasteiger partial charge in [-0.05, 0) is 31.4 Å². The van der Waals surface area contributed by atoms with Gasteiger partial charge in [-0.25, -0.2) is 4.98 Å². The summed E-state index contributed by atoms with van der Waals surface area (Å²) >= 11 is 0. The summed E-state index contributed by atoms with van der Waals surface area (Å²) in [6.45, 7) is 3.68. The predicted octanol–water partition coefficient (Wildman–Crippen LogP) is 0.317. The second kappa shape index (κ2) is 7.41. The number of rotatable bonds is 3. The minimum Gasteiger partial charge on any atom is -0.378 e. The predicted molar refractivity (Wildman–Crippen MR) is 85.4 cm³/mol. The molecule has 2 fully saturated rings. The number of pyridine rings is 1. The lowest BCUT2D eigenvalue weighted by atomic mass is 10.1. The minimum absolute atomic E-state index is 0.103. The maximum atomic E-state index is 12.3. The molecule has 0 spiro atoms. The van der Waals surface area contributed by atoms with Gasteiger partial charge in [-0.1, -0.05) is 0 Å². The number of hydrogen-bond donors (Lipinski definition) is 2. The highest BCUT2D eigenvalue weighted by Gasteiger charge is 2.23. The smallest absolute Gasteiger partial charge is 0.253 e. The van der Waals surface area contributed by atoms with Crippen molar-refractivity contribution in [2.45, 2.75) is 25.3 Å². The van der Waals surface area contributed by atoms with Crippen LogP contribution in [0.25, 0.3) is 0 Å². The molecule has 0 aliphatic carbocycles. The van der Waals surface area contributed by atoms with Crippen molar-refractivity contribution >= 4 is 17.6 Å². The van der Waals surface area contributed by atoms with Crippen molar-refractivity contribution in [1.29, 1.82) is 0 Å². The van der Waals surface area contributed by atoms with Crippen LogP contribution in [0.5, 0.6) is 0 Å². The van der Waals surface area contributed by atoms with Crippen molar-refractivity contribution < 1.29 is 14.3 Å². The molecule has 2 aliphatic heterocycles. The normalized spacial score (nSPS) is 22.2. The van der Waals surface area contributed by atoms with Crippen LogP contribution in [0.4, 0.5) is 5.82 Å². The zero-order valence-electron chi connectivity index (χ0n) is 13.1. The van der Waals surface area contributed by atoms with Gasteiger partial charge >= 0.3 is 0 Å². The van der Waals surface area contributed by atoms with E-state index < -0.39 is 6.04 Å². The molecule has 1 aromatic rings. The summed E-state index contributed by atoms with van der Waals surface area (Å²) in [5, 5.41) is 5.62. The number of nitrogens with one attached hydrogen (secondary N) is 2. The van der Waals surface area contributed by atoms with Gasteiger partial charge in [0.25, 0.3) is 5.91 Å². The maximum Gasteiger partial charge on any atom is 0.253 e. The third-order valence-electron chi connectivity index (χ3n) is 4.19. The van der Waals surface area contributed by atoms with Gasteiger partial charge < -0.3 is 20.3 Å². The van der Waals surface area contributed by atoms with Gasteiger partial charge in [0.05, 0.1) is 18.8 Å². The van der Waals surface area contributed by atoms with E-state index in [0.717, 1.165) is 31.7 Å². The summed E-state index contributed by atoms with van der Waals surface area (Å²) in [7, 11) is 0. The molecule has 2 amide bonds. The molecule has 0 aromatic carbocycles. The van der Waals surface area contributed by atoms with Gasteiger partial charge in [-0.15, -0.1) is 0 Å². The molecule has 124 valence electrons. The van der Waals surface area contributed by atoms with E-state index in [4.69, 9.17) is 4.74 Å². The van der Waals surface area contributed by atoms with Gasteiger partial charge in [0.15, 0.2) is 0 Å². The molecule has 0 saturated carbocycles. The number of anilines is 1. The van der Waals surface area contributed by atoms with Crippen LogP contribution in [0.2, 0.25) is 0 Å². The van der Waals surface area contributed by atoms with E-state index in [0.29, 0.717) is 31.7 Å². The Morgan fingerprint density at radius 2 is 2.13 bits per heavy atom. The van der Waals surface area contributed by atoms with Crippen LogP contribution < -0.4 is 15.5 Å². The molecular formula is C16H22N4O3. The van der Waals surface area contributed by atoms with E-state index in [-0.39, 0.29) is 11.8 Å². The number of carbonyl (C=O) groups is 2. The van der Waals surface area contributed by atoms with Crippen LogP contribution in [0.1, 0.15) is 29.6 Å². The van der Waals surface area contributed by atoms with Gasteiger partial charge in [0.2, 0.25) is 5.91 Å². The summed E-state index contributed by atoms with van der Waals surface area (Å²) < 4.78 is 5.32. The first-order valence-corrected chi connectivity index (χ1v) is 8.11. The molecule has 2 aliphatic rings. The van der Waals surface area contributed by atoms with Crippen molar-refractivity contribution in [3.05, 3.63) is 23.9 Å². The fraction of sp³-hybridized carbons (Fsp3) is 0.562. The van der Waals surface area contributed by atoms with E-state index in [9.17, 15) is 9.59 Å². The maximum absolute atomic E-state index is 12.3. The number of amides is 2. The monoisotopic (exact) mass is 318 g/mol. The van der Waals surface area contributed by atoms with Crippen LogP contribution in [0, 0.1) is 0 Å². The first kappa shape index (κ1) is 15.7. The van der Waals surface area contributed by atoms with Crippen LogP contribution >= 0.6 is 0 Å². The molecule has 0 unspecified atom stereocenters. The number of carbonyl (C=O) groups excluding carboxylic acids is 2. The Hall–Kier alpha value is -2.15. The topological polar surface area (TPSA) is 83.6 Å². The first-order chi connectivity index (χ1) is 11.2. The fourth-order valence-corrected chi connectivity index (χ4v) is 2.82. The average Bonchev–Trinajstić information content (AvgIpc) is 2.80. The summed E-state index contributed by atoms with van der Waals surface area (Å²) in [5.41, 5.74) is 0.471. The molecule has 7 heteroatoms. The van der Waals surface area contributed by atoms with Crippen molar-refractivity contribution in [2.75, 3.05) is 37.7 Å². The number of hydrogen-bond acceptors (Lipinski definition) is 5. The SMILES string of the molecule is O=C(N[C@H]1CCCCNC1=O)c1ccc(N2CCOCC2)nc1. The quantitative estimate of drug-likeness (QED) is 0.838. The van der Waals surface area contributed by atoms with E-state index in [2.05, 4.69) is 20.5 Å². The molecule has 0 radical (unpaired) electrons. The lowest BCUT2D eigenvalue weighted by Crippen LogP contribution is -2.45. The van der Waals surface area contributed by atoms with Crippen molar-refractivity contribution in [3.63, 3.8) is 0 Å². The number of morpholine rings is 1. The van der Waals surface area contributed by atoms with Gasteiger partial charge in [0, 0.05) is 25.8 Å². The van der Waals surface area contributed by atoms with Gasteiger partial charge in [0.1, 0.15) is 11.9 Å². The standard InChI is InChI=1S/C16H22N4O3/c21-15(19-13-3-1-2-6-17-16(13)22)12-4-5-14(18-11-12)20-7-9-23-10-8-20/h4-5,11,13H,1-3,6-10H2,(H,17,22)(H,19,21)/t13-/m0/s1. The number of ether oxygens (including phenoxy) is 1. The van der Waals surface area contributed by atoms with Gasteiger partial charge in [-0.3, -0.25) is 9.59 Å². The zero-order valence-corrected chi connectivity index (χ0v) is 13.1. The molecule has 3 rings (SSSR count). The second-order valence-corrected chi connectivity index (χ2v) is 5.82. The largest absolute Gasteiger partial charge is 0.378 e. The van der Waals surface area contributed by atoms with Gasteiger partial charge in [-0.2, -0.15) is 0 Å².